The number of hydrogen-bond donors (Lipinski definition) is 1. The molecular weight excluding hydrogens is 444 g/mol. The fourth-order valence-electron chi connectivity index (χ4n) is 4.25. The molecule has 0 bridgehead atoms. The summed E-state index contributed by atoms with van der Waals surface area (Å²) in [6.07, 6.45) is 0. The Bertz CT molecular complexity index is 1210. The van der Waals surface area contributed by atoms with Gasteiger partial charge < -0.3 is 19.7 Å². The number of methoxy groups -OCH3 is 2. The van der Waals surface area contributed by atoms with Crippen molar-refractivity contribution in [2.24, 2.45) is 0 Å². The van der Waals surface area contributed by atoms with Crippen molar-refractivity contribution < 1.29 is 19.1 Å². The zero-order valence-electron chi connectivity index (χ0n) is 18.9. The van der Waals surface area contributed by atoms with Gasteiger partial charge in [0.2, 0.25) is 5.91 Å². The molecule has 3 aromatic rings. The molecular formula is C24H25ClN4O4. The molecule has 0 spiro atoms. The molecule has 1 aromatic heterocycles. The Hall–Kier alpha value is -3.52. The van der Waals surface area contributed by atoms with Gasteiger partial charge in [0.1, 0.15) is 6.04 Å². The molecule has 1 fully saturated rings. The molecule has 33 heavy (non-hydrogen) atoms. The Kier molecular flexibility index (Phi) is 6.29. The Morgan fingerprint density at radius 1 is 1.15 bits per heavy atom. The average Bonchev–Trinajstić information content (AvgIpc) is 3.12. The molecule has 0 aliphatic carbocycles. The fourth-order valence-corrected chi connectivity index (χ4v) is 4.54. The molecule has 172 valence electrons. The average molecular weight is 469 g/mol. The minimum absolute atomic E-state index is 0.250. The van der Waals surface area contributed by atoms with Crippen molar-refractivity contribution in [1.29, 1.82) is 0 Å². The lowest BCUT2D eigenvalue weighted by molar-refractivity contribution is -0.128. The first-order valence-corrected chi connectivity index (χ1v) is 10.9. The normalized spacial score (nSPS) is 15.8. The van der Waals surface area contributed by atoms with Crippen molar-refractivity contribution in [3.05, 3.63) is 70.0 Å². The van der Waals surface area contributed by atoms with E-state index in [4.69, 9.17) is 21.1 Å². The Morgan fingerprint density at radius 3 is 2.55 bits per heavy atom. The molecule has 4 rings (SSSR count). The summed E-state index contributed by atoms with van der Waals surface area (Å²) in [6, 6.07) is 11.9. The van der Waals surface area contributed by atoms with Crippen molar-refractivity contribution in [1.82, 2.24) is 20.0 Å². The SMILES string of the molecule is COc1cc(C(=O)N2CCNC(=O)C2c2c(C)nn(-c3ccccc3)c2C)cc(Cl)c1OC. The number of nitrogens with one attached hydrogen (secondary N) is 1. The van der Waals surface area contributed by atoms with Crippen LogP contribution in [-0.2, 0) is 4.79 Å². The molecule has 1 N–H and O–H groups in total. The highest BCUT2D eigenvalue weighted by atomic mass is 35.5. The zero-order valence-corrected chi connectivity index (χ0v) is 19.6. The second kappa shape index (κ2) is 9.15. The maximum absolute atomic E-state index is 13.6. The van der Waals surface area contributed by atoms with E-state index in [2.05, 4.69) is 10.4 Å². The van der Waals surface area contributed by atoms with Crippen LogP contribution in [0.3, 0.4) is 0 Å². The number of carbonyl (C=O) groups excluding carboxylic acids is 2. The smallest absolute Gasteiger partial charge is 0.255 e. The maximum atomic E-state index is 13.6. The fraction of sp³-hybridized carbons (Fsp3) is 0.292. The van der Waals surface area contributed by atoms with Crippen LogP contribution >= 0.6 is 11.6 Å². The summed E-state index contributed by atoms with van der Waals surface area (Å²) in [5.74, 6) is 0.110. The van der Waals surface area contributed by atoms with Gasteiger partial charge in [-0.05, 0) is 38.1 Å². The van der Waals surface area contributed by atoms with Crippen LogP contribution < -0.4 is 14.8 Å². The minimum Gasteiger partial charge on any atom is -0.493 e. The quantitative estimate of drug-likeness (QED) is 0.619. The predicted octanol–water partition coefficient (Wildman–Crippen LogP) is 3.47. The molecule has 2 heterocycles. The van der Waals surface area contributed by atoms with Crippen LogP contribution in [0.5, 0.6) is 11.5 Å². The summed E-state index contributed by atoms with van der Waals surface area (Å²) >= 11 is 6.33. The van der Waals surface area contributed by atoms with Crippen LogP contribution in [0.25, 0.3) is 5.69 Å². The van der Waals surface area contributed by atoms with Crippen molar-refractivity contribution >= 4 is 23.4 Å². The molecule has 0 saturated carbocycles. The van der Waals surface area contributed by atoms with Gasteiger partial charge in [0.05, 0.1) is 30.6 Å². The van der Waals surface area contributed by atoms with Gasteiger partial charge in [0.15, 0.2) is 11.5 Å². The van der Waals surface area contributed by atoms with Crippen LogP contribution in [-0.4, -0.2) is 53.8 Å². The van der Waals surface area contributed by atoms with Crippen molar-refractivity contribution in [3.63, 3.8) is 0 Å². The molecule has 1 aliphatic rings. The van der Waals surface area contributed by atoms with E-state index in [1.54, 1.807) is 15.6 Å². The van der Waals surface area contributed by atoms with Gasteiger partial charge in [-0.15, -0.1) is 0 Å². The number of benzene rings is 2. The molecule has 1 aliphatic heterocycles. The lowest BCUT2D eigenvalue weighted by atomic mass is 9.99. The second-order valence-electron chi connectivity index (χ2n) is 7.72. The number of hydrogen-bond acceptors (Lipinski definition) is 5. The lowest BCUT2D eigenvalue weighted by Gasteiger charge is -2.35. The van der Waals surface area contributed by atoms with Crippen LogP contribution in [0, 0.1) is 13.8 Å². The molecule has 1 atom stereocenters. The van der Waals surface area contributed by atoms with E-state index in [0.717, 1.165) is 11.4 Å². The maximum Gasteiger partial charge on any atom is 0.255 e. The number of piperazine rings is 1. The van der Waals surface area contributed by atoms with Crippen LogP contribution in [0.15, 0.2) is 42.5 Å². The molecule has 9 heteroatoms. The summed E-state index contributed by atoms with van der Waals surface area (Å²) in [5.41, 5.74) is 3.37. The molecule has 8 nitrogen and oxygen atoms in total. The highest BCUT2D eigenvalue weighted by Gasteiger charge is 2.38. The number of aromatic nitrogens is 2. The highest BCUT2D eigenvalue weighted by Crippen LogP contribution is 2.38. The largest absolute Gasteiger partial charge is 0.493 e. The minimum atomic E-state index is -0.824. The summed E-state index contributed by atoms with van der Waals surface area (Å²) < 4.78 is 12.4. The van der Waals surface area contributed by atoms with Gasteiger partial charge >= 0.3 is 0 Å². The van der Waals surface area contributed by atoms with Gasteiger partial charge in [0, 0.05) is 29.9 Å². The molecule has 1 unspecified atom stereocenters. The number of halogens is 1. The molecule has 1 saturated heterocycles. The van der Waals surface area contributed by atoms with Gasteiger partial charge in [-0.2, -0.15) is 5.10 Å². The molecule has 0 radical (unpaired) electrons. The topological polar surface area (TPSA) is 85.7 Å². The Balaban J connectivity index is 1.78. The van der Waals surface area contributed by atoms with E-state index in [9.17, 15) is 9.59 Å². The highest BCUT2D eigenvalue weighted by molar-refractivity contribution is 6.32. The summed E-state index contributed by atoms with van der Waals surface area (Å²) in [5, 5.41) is 7.80. The summed E-state index contributed by atoms with van der Waals surface area (Å²) in [7, 11) is 2.95. The second-order valence-corrected chi connectivity index (χ2v) is 8.12. The van der Waals surface area contributed by atoms with Crippen LogP contribution in [0.1, 0.15) is 33.4 Å². The first kappa shape index (κ1) is 22.7. The van der Waals surface area contributed by atoms with Crippen LogP contribution in [0.2, 0.25) is 5.02 Å². The van der Waals surface area contributed by atoms with E-state index in [0.29, 0.717) is 41.4 Å². The van der Waals surface area contributed by atoms with Gasteiger partial charge in [0.25, 0.3) is 5.91 Å². The lowest BCUT2D eigenvalue weighted by Crippen LogP contribution is -2.52. The Labute approximate surface area is 197 Å². The standard InChI is InChI=1S/C24H25ClN4O4/c1-14-20(15(2)29(27-14)17-8-6-5-7-9-17)21-23(30)26-10-11-28(21)24(31)16-12-18(25)22(33-4)19(13-16)32-3/h5-9,12-13,21H,10-11H2,1-4H3,(H,26,30). The van der Waals surface area contributed by atoms with Gasteiger partial charge in [-0.3, -0.25) is 9.59 Å². The predicted molar refractivity (Wildman–Crippen MR) is 124 cm³/mol. The van der Waals surface area contributed by atoms with E-state index < -0.39 is 6.04 Å². The number of amides is 2. The monoisotopic (exact) mass is 468 g/mol. The number of aryl methyl sites for hydroxylation is 1. The first-order valence-electron chi connectivity index (χ1n) is 10.5. The Morgan fingerprint density at radius 2 is 1.88 bits per heavy atom. The van der Waals surface area contributed by atoms with Crippen LogP contribution in [0.4, 0.5) is 0 Å². The molecule has 2 amide bonds. The van der Waals surface area contributed by atoms with Crippen molar-refractivity contribution in [2.45, 2.75) is 19.9 Å². The third-order valence-corrected chi connectivity index (χ3v) is 6.06. The number of rotatable bonds is 5. The van der Waals surface area contributed by atoms with E-state index in [1.807, 2.05) is 44.2 Å². The molecule has 2 aromatic carbocycles. The van der Waals surface area contributed by atoms with E-state index in [-0.39, 0.29) is 16.8 Å². The van der Waals surface area contributed by atoms with E-state index >= 15 is 0 Å². The summed E-state index contributed by atoms with van der Waals surface area (Å²) in [6.45, 7) is 4.45. The third-order valence-electron chi connectivity index (χ3n) is 5.77. The van der Waals surface area contributed by atoms with Crippen molar-refractivity contribution in [3.8, 4) is 17.2 Å². The number of para-hydroxylation sites is 1. The van der Waals surface area contributed by atoms with Crippen molar-refractivity contribution in [2.75, 3.05) is 27.3 Å². The summed E-state index contributed by atoms with van der Waals surface area (Å²) in [4.78, 5) is 28.2. The number of carbonyl (C=O) groups is 2. The number of nitrogens with zero attached hydrogens (tertiary/aromatic N) is 3. The first-order chi connectivity index (χ1) is 15.9. The number of ether oxygens (including phenoxy) is 2. The van der Waals surface area contributed by atoms with Gasteiger partial charge in [-0.25, -0.2) is 4.68 Å². The van der Waals surface area contributed by atoms with E-state index in [1.165, 1.54) is 20.3 Å². The van der Waals surface area contributed by atoms with Gasteiger partial charge in [-0.1, -0.05) is 29.8 Å². The third kappa shape index (κ3) is 4.02. The zero-order chi connectivity index (χ0) is 23.7.